The monoisotopic (exact) mass is 478 g/mol. The summed E-state index contributed by atoms with van der Waals surface area (Å²) in [6, 6.07) is 11.9. The molecular weight excluding hydrogens is 456 g/mol. The molecule has 8 nitrogen and oxygen atoms in total. The third-order valence-electron chi connectivity index (χ3n) is 4.15. The maximum atomic E-state index is 12.2. The highest BCUT2D eigenvalue weighted by atomic mass is 79.9. The molecule has 2 aromatic rings. The van der Waals surface area contributed by atoms with Crippen molar-refractivity contribution in [2.24, 2.45) is 0 Å². The zero-order valence-electron chi connectivity index (χ0n) is 16.9. The number of hydrogen-bond donors (Lipinski definition) is 2. The third-order valence-corrected chi connectivity index (χ3v) is 4.68. The van der Waals surface area contributed by atoms with E-state index < -0.39 is 24.4 Å². The Morgan fingerprint density at radius 2 is 1.67 bits per heavy atom. The van der Waals surface area contributed by atoms with Gasteiger partial charge in [-0.25, -0.2) is 0 Å². The normalized spacial score (nSPS) is 11.2. The largest absolute Gasteiger partial charge is 0.493 e. The molecule has 9 heteroatoms. The second-order valence-corrected chi connectivity index (χ2v) is 7.17. The van der Waals surface area contributed by atoms with Crippen molar-refractivity contribution in [3.8, 4) is 11.5 Å². The summed E-state index contributed by atoms with van der Waals surface area (Å²) < 4.78 is 16.1. The molecule has 0 heterocycles. The molecule has 2 N–H and O–H groups in total. The van der Waals surface area contributed by atoms with Crippen LogP contribution in [0.1, 0.15) is 28.9 Å². The molecule has 0 spiro atoms. The van der Waals surface area contributed by atoms with E-state index in [4.69, 9.17) is 14.2 Å². The van der Waals surface area contributed by atoms with Crippen LogP contribution >= 0.6 is 15.9 Å². The van der Waals surface area contributed by atoms with Crippen LogP contribution in [0.25, 0.3) is 0 Å². The zero-order valence-corrected chi connectivity index (χ0v) is 18.4. The Balaban J connectivity index is 1.77. The van der Waals surface area contributed by atoms with Gasteiger partial charge < -0.3 is 24.8 Å². The number of carbonyl (C=O) groups excluding carboxylic acids is 3. The van der Waals surface area contributed by atoms with Gasteiger partial charge in [0, 0.05) is 10.0 Å². The Hall–Kier alpha value is -3.07. The lowest BCUT2D eigenvalue weighted by atomic mass is 10.1. The number of esters is 1. The Labute approximate surface area is 183 Å². The van der Waals surface area contributed by atoms with Crippen molar-refractivity contribution >= 4 is 33.7 Å². The number of carbonyl (C=O) groups is 3. The summed E-state index contributed by atoms with van der Waals surface area (Å²) in [5.41, 5.74) is 1.21. The van der Waals surface area contributed by atoms with Crippen LogP contribution in [0.2, 0.25) is 0 Å². The summed E-state index contributed by atoms with van der Waals surface area (Å²) >= 11 is 3.35. The number of benzene rings is 2. The summed E-state index contributed by atoms with van der Waals surface area (Å²) in [7, 11) is 2.95. The SMILES string of the molecule is COc1ccc(C(=O)NCC(=O)OCC(=O)NC(C)c2ccc(Br)cc2)cc1OC. The van der Waals surface area contributed by atoms with Gasteiger partial charge >= 0.3 is 5.97 Å². The van der Waals surface area contributed by atoms with Crippen molar-refractivity contribution in [1.29, 1.82) is 0 Å². The van der Waals surface area contributed by atoms with E-state index >= 15 is 0 Å². The van der Waals surface area contributed by atoms with Crippen LogP contribution in [0.3, 0.4) is 0 Å². The van der Waals surface area contributed by atoms with E-state index in [-0.39, 0.29) is 12.6 Å². The fourth-order valence-electron chi connectivity index (χ4n) is 2.55. The third kappa shape index (κ3) is 6.77. The minimum Gasteiger partial charge on any atom is -0.493 e. The molecular formula is C21H23BrN2O6. The summed E-state index contributed by atoms with van der Waals surface area (Å²) in [4.78, 5) is 36.0. The predicted molar refractivity (Wildman–Crippen MR) is 114 cm³/mol. The molecule has 2 rings (SSSR count). The summed E-state index contributed by atoms with van der Waals surface area (Å²) in [6.07, 6.45) is 0. The van der Waals surface area contributed by atoms with E-state index in [0.717, 1.165) is 10.0 Å². The molecule has 0 aliphatic heterocycles. The number of nitrogens with one attached hydrogen (secondary N) is 2. The highest BCUT2D eigenvalue weighted by molar-refractivity contribution is 9.10. The van der Waals surface area contributed by atoms with Crippen molar-refractivity contribution in [2.75, 3.05) is 27.4 Å². The van der Waals surface area contributed by atoms with Crippen molar-refractivity contribution in [3.63, 3.8) is 0 Å². The molecule has 0 saturated heterocycles. The molecule has 160 valence electrons. The molecule has 0 aliphatic carbocycles. The van der Waals surface area contributed by atoms with Gasteiger partial charge in [0.05, 0.1) is 20.3 Å². The first-order valence-electron chi connectivity index (χ1n) is 9.04. The van der Waals surface area contributed by atoms with Gasteiger partial charge in [-0.1, -0.05) is 28.1 Å². The minimum absolute atomic E-state index is 0.242. The van der Waals surface area contributed by atoms with E-state index in [1.54, 1.807) is 12.1 Å². The number of rotatable bonds is 9. The van der Waals surface area contributed by atoms with Crippen molar-refractivity contribution in [1.82, 2.24) is 10.6 Å². The molecule has 0 bridgehead atoms. The lowest BCUT2D eigenvalue weighted by Crippen LogP contribution is -2.34. The topological polar surface area (TPSA) is 103 Å². The molecule has 2 amide bonds. The van der Waals surface area contributed by atoms with Crippen LogP contribution < -0.4 is 20.1 Å². The average molecular weight is 479 g/mol. The fraction of sp³-hybridized carbons (Fsp3) is 0.286. The number of ether oxygens (including phenoxy) is 3. The molecule has 0 aromatic heterocycles. The summed E-state index contributed by atoms with van der Waals surface area (Å²) in [5, 5.41) is 5.18. The molecule has 0 radical (unpaired) electrons. The quantitative estimate of drug-likeness (QED) is 0.537. The number of amides is 2. The highest BCUT2D eigenvalue weighted by Gasteiger charge is 2.14. The molecule has 0 fully saturated rings. The average Bonchev–Trinajstić information content (AvgIpc) is 2.75. The van der Waals surface area contributed by atoms with Crippen LogP contribution in [0.5, 0.6) is 11.5 Å². The number of halogens is 1. The van der Waals surface area contributed by atoms with Crippen LogP contribution in [0, 0.1) is 0 Å². The van der Waals surface area contributed by atoms with Gasteiger partial charge in [0.2, 0.25) is 0 Å². The van der Waals surface area contributed by atoms with E-state index in [1.165, 1.54) is 20.3 Å². The van der Waals surface area contributed by atoms with Crippen LogP contribution in [0.15, 0.2) is 46.9 Å². The van der Waals surface area contributed by atoms with E-state index in [2.05, 4.69) is 26.6 Å². The Morgan fingerprint density at radius 1 is 1.00 bits per heavy atom. The molecule has 1 unspecified atom stereocenters. The summed E-state index contributed by atoms with van der Waals surface area (Å²) in [5.74, 6) is -0.775. The van der Waals surface area contributed by atoms with Crippen molar-refractivity contribution in [2.45, 2.75) is 13.0 Å². The Morgan fingerprint density at radius 3 is 2.30 bits per heavy atom. The van der Waals surface area contributed by atoms with Crippen molar-refractivity contribution in [3.05, 3.63) is 58.1 Å². The first-order chi connectivity index (χ1) is 14.3. The highest BCUT2D eigenvalue weighted by Crippen LogP contribution is 2.27. The standard InChI is InChI=1S/C21H23BrN2O6/c1-13(14-4-7-16(22)8-5-14)24-19(25)12-30-20(26)11-23-21(27)15-6-9-17(28-2)18(10-15)29-3/h4-10,13H,11-12H2,1-3H3,(H,23,27)(H,24,25). The Kier molecular flexibility index (Phi) is 8.67. The first-order valence-corrected chi connectivity index (χ1v) is 9.84. The molecule has 1 atom stereocenters. The van der Waals surface area contributed by atoms with E-state index in [9.17, 15) is 14.4 Å². The van der Waals surface area contributed by atoms with Gasteiger partial charge in [-0.3, -0.25) is 14.4 Å². The molecule has 2 aromatic carbocycles. The van der Waals surface area contributed by atoms with E-state index in [0.29, 0.717) is 17.1 Å². The lowest BCUT2D eigenvalue weighted by Gasteiger charge is -2.14. The molecule has 0 saturated carbocycles. The van der Waals surface area contributed by atoms with Gasteiger partial charge in [-0.05, 0) is 42.8 Å². The first kappa shape index (κ1) is 23.2. The van der Waals surface area contributed by atoms with Crippen LogP contribution in [-0.4, -0.2) is 45.2 Å². The molecule has 30 heavy (non-hydrogen) atoms. The van der Waals surface area contributed by atoms with Gasteiger partial charge in [0.1, 0.15) is 6.54 Å². The second-order valence-electron chi connectivity index (χ2n) is 6.25. The van der Waals surface area contributed by atoms with Crippen LogP contribution in [0.4, 0.5) is 0 Å². The van der Waals surface area contributed by atoms with Gasteiger partial charge in [-0.2, -0.15) is 0 Å². The smallest absolute Gasteiger partial charge is 0.325 e. The number of methoxy groups -OCH3 is 2. The molecule has 0 aliphatic rings. The van der Waals surface area contributed by atoms with Crippen molar-refractivity contribution < 1.29 is 28.6 Å². The minimum atomic E-state index is -0.727. The van der Waals surface area contributed by atoms with Gasteiger partial charge in [0.15, 0.2) is 18.1 Å². The summed E-state index contributed by atoms with van der Waals surface area (Å²) in [6.45, 7) is 1.01. The maximum Gasteiger partial charge on any atom is 0.325 e. The lowest BCUT2D eigenvalue weighted by molar-refractivity contribution is -0.147. The van der Waals surface area contributed by atoms with E-state index in [1.807, 2.05) is 31.2 Å². The Bertz CT molecular complexity index is 901. The van der Waals surface area contributed by atoms with Crippen LogP contribution in [-0.2, 0) is 14.3 Å². The fourth-order valence-corrected chi connectivity index (χ4v) is 2.81. The predicted octanol–water partition coefficient (Wildman–Crippen LogP) is 2.62. The zero-order chi connectivity index (χ0) is 22.1. The van der Waals surface area contributed by atoms with Gasteiger partial charge in [-0.15, -0.1) is 0 Å². The second kappa shape index (κ2) is 11.2. The van der Waals surface area contributed by atoms with Gasteiger partial charge in [0.25, 0.3) is 11.8 Å². The number of hydrogen-bond acceptors (Lipinski definition) is 6. The maximum absolute atomic E-state index is 12.2.